The lowest BCUT2D eigenvalue weighted by Crippen LogP contribution is -2.35. The Hall–Kier alpha value is -4.19. The van der Waals surface area contributed by atoms with Crippen molar-refractivity contribution in [3.63, 3.8) is 0 Å². The fraction of sp³-hybridized carbons (Fsp3) is 0.375. The van der Waals surface area contributed by atoms with Crippen LogP contribution in [0.25, 0.3) is 11.3 Å². The highest BCUT2D eigenvalue weighted by Crippen LogP contribution is 2.27. The van der Waals surface area contributed by atoms with Gasteiger partial charge in [0, 0.05) is 57.0 Å². The van der Waals surface area contributed by atoms with Gasteiger partial charge in [0.1, 0.15) is 12.0 Å². The molecule has 0 aliphatic rings. The first-order valence-electron chi connectivity index (χ1n) is 11.2. The van der Waals surface area contributed by atoms with Gasteiger partial charge in [0.25, 0.3) is 11.6 Å². The smallest absolute Gasteiger partial charge is 0.291 e. The van der Waals surface area contributed by atoms with Crippen LogP contribution in [-0.2, 0) is 24.8 Å². The van der Waals surface area contributed by atoms with Crippen molar-refractivity contribution in [2.75, 3.05) is 27.2 Å². The molecule has 190 valence electrons. The molecule has 0 atom stereocenters. The molecule has 0 unspecified atom stereocenters. The van der Waals surface area contributed by atoms with Crippen molar-refractivity contribution in [3.8, 4) is 11.3 Å². The SMILES string of the molecule is CC(=O)Cc1cc(-c2cnn(C)c2CN(C)CCN(C)C(=O)c2cc(C)[nH]c2C=O)ncc1[N+](=O)[O-]. The first-order valence-corrected chi connectivity index (χ1v) is 11.2. The number of carbonyl (C=O) groups is 3. The number of ketones is 1. The first kappa shape index (κ1) is 26.4. The zero-order valence-corrected chi connectivity index (χ0v) is 20.9. The number of pyridine rings is 1. The molecule has 0 fully saturated rings. The number of aromatic amines is 1. The van der Waals surface area contributed by atoms with Crippen LogP contribution < -0.4 is 0 Å². The zero-order chi connectivity index (χ0) is 26.6. The van der Waals surface area contributed by atoms with Crippen LogP contribution >= 0.6 is 0 Å². The highest BCUT2D eigenvalue weighted by molar-refractivity contribution is 6.00. The largest absolute Gasteiger partial charge is 0.356 e. The molecule has 0 spiro atoms. The summed E-state index contributed by atoms with van der Waals surface area (Å²) >= 11 is 0. The molecular weight excluding hydrogens is 466 g/mol. The van der Waals surface area contributed by atoms with E-state index in [0.717, 1.165) is 11.4 Å². The average Bonchev–Trinajstić information content (AvgIpc) is 3.38. The molecule has 0 aromatic carbocycles. The van der Waals surface area contributed by atoms with Crippen molar-refractivity contribution in [2.24, 2.45) is 7.05 Å². The van der Waals surface area contributed by atoms with Gasteiger partial charge in [-0.25, -0.2) is 4.98 Å². The van der Waals surface area contributed by atoms with Crippen LogP contribution in [0.1, 0.15) is 44.7 Å². The fourth-order valence-electron chi connectivity index (χ4n) is 3.92. The number of amides is 1. The Morgan fingerprint density at radius 1 is 1.22 bits per heavy atom. The molecule has 3 aromatic heterocycles. The lowest BCUT2D eigenvalue weighted by Gasteiger charge is -2.22. The molecule has 1 N–H and O–H groups in total. The summed E-state index contributed by atoms with van der Waals surface area (Å²) in [6.45, 7) is 4.59. The molecule has 36 heavy (non-hydrogen) atoms. The lowest BCUT2D eigenvalue weighted by atomic mass is 10.0. The predicted molar refractivity (Wildman–Crippen MR) is 132 cm³/mol. The van der Waals surface area contributed by atoms with Gasteiger partial charge in [0.2, 0.25) is 0 Å². The lowest BCUT2D eigenvalue weighted by molar-refractivity contribution is -0.385. The van der Waals surface area contributed by atoms with E-state index in [0.29, 0.717) is 48.3 Å². The summed E-state index contributed by atoms with van der Waals surface area (Å²) in [4.78, 5) is 57.2. The summed E-state index contributed by atoms with van der Waals surface area (Å²) in [5.41, 5.74) is 3.46. The highest BCUT2D eigenvalue weighted by atomic mass is 16.6. The van der Waals surface area contributed by atoms with Crippen LogP contribution in [0, 0.1) is 17.0 Å². The van der Waals surface area contributed by atoms with Crippen LogP contribution in [0.2, 0.25) is 0 Å². The van der Waals surface area contributed by atoms with Gasteiger partial charge in [-0.15, -0.1) is 0 Å². The number of nitrogens with zero attached hydrogens (tertiary/aromatic N) is 6. The standard InChI is InChI=1S/C24H29N7O5/c1-15-8-18(21(14-32)27-15)24(34)29(4)7-6-28(3)13-23-19(11-26-30(23)5)20-10-17(9-16(2)33)22(12-25-20)31(35)36/h8,10-12,14,27H,6-7,9,13H2,1-5H3. The maximum absolute atomic E-state index is 12.8. The summed E-state index contributed by atoms with van der Waals surface area (Å²) in [6.07, 6.45) is 3.39. The molecule has 3 rings (SSSR count). The maximum Gasteiger partial charge on any atom is 0.291 e. The van der Waals surface area contributed by atoms with Gasteiger partial charge in [0.15, 0.2) is 6.29 Å². The summed E-state index contributed by atoms with van der Waals surface area (Å²) in [5, 5.41) is 15.7. The molecule has 0 bridgehead atoms. The van der Waals surface area contributed by atoms with Gasteiger partial charge in [-0.3, -0.25) is 34.1 Å². The summed E-state index contributed by atoms with van der Waals surface area (Å²) in [5.74, 6) is -0.431. The van der Waals surface area contributed by atoms with E-state index in [1.807, 2.05) is 11.9 Å². The number of likely N-dealkylation sites (N-methyl/N-ethyl adjacent to an activating group) is 2. The minimum absolute atomic E-state index is 0.0613. The van der Waals surface area contributed by atoms with Crippen LogP contribution in [0.3, 0.4) is 0 Å². The first-order chi connectivity index (χ1) is 17.0. The van der Waals surface area contributed by atoms with Crippen molar-refractivity contribution >= 4 is 23.7 Å². The second-order valence-electron chi connectivity index (χ2n) is 8.82. The third-order valence-corrected chi connectivity index (χ3v) is 5.85. The maximum atomic E-state index is 12.8. The molecular formula is C24H29N7O5. The molecule has 0 radical (unpaired) electrons. The number of Topliss-reactive ketones (excluding diaryl/α,β-unsaturated/α-hetero) is 1. The summed E-state index contributed by atoms with van der Waals surface area (Å²) in [6, 6.07) is 3.22. The number of hydrogen-bond donors (Lipinski definition) is 1. The van der Waals surface area contributed by atoms with Gasteiger partial charge < -0.3 is 9.88 Å². The van der Waals surface area contributed by atoms with Crippen molar-refractivity contribution in [2.45, 2.75) is 26.8 Å². The van der Waals surface area contributed by atoms with E-state index in [4.69, 9.17) is 0 Å². The second kappa shape index (κ2) is 11.0. The number of nitro groups is 1. The Morgan fingerprint density at radius 3 is 2.58 bits per heavy atom. The van der Waals surface area contributed by atoms with Crippen LogP contribution in [0.15, 0.2) is 24.5 Å². The van der Waals surface area contributed by atoms with Gasteiger partial charge in [0.05, 0.1) is 33.8 Å². The molecule has 12 nitrogen and oxygen atoms in total. The minimum atomic E-state index is -0.544. The minimum Gasteiger partial charge on any atom is -0.356 e. The van der Waals surface area contributed by atoms with E-state index < -0.39 is 4.92 Å². The Morgan fingerprint density at radius 2 is 1.94 bits per heavy atom. The number of hydrogen-bond acceptors (Lipinski definition) is 8. The summed E-state index contributed by atoms with van der Waals surface area (Å²) in [7, 11) is 5.37. The molecule has 3 aromatic rings. The van der Waals surface area contributed by atoms with E-state index in [1.54, 1.807) is 48.9 Å². The molecule has 0 saturated heterocycles. The van der Waals surface area contributed by atoms with Crippen molar-refractivity contribution in [1.29, 1.82) is 0 Å². The van der Waals surface area contributed by atoms with Gasteiger partial charge in [-0.1, -0.05) is 0 Å². The van der Waals surface area contributed by atoms with Crippen LogP contribution in [0.4, 0.5) is 5.69 Å². The van der Waals surface area contributed by atoms with Gasteiger partial charge in [-0.2, -0.15) is 5.10 Å². The van der Waals surface area contributed by atoms with E-state index >= 15 is 0 Å². The van der Waals surface area contributed by atoms with Crippen molar-refractivity contribution in [3.05, 3.63) is 62.8 Å². The zero-order valence-electron chi connectivity index (χ0n) is 20.9. The number of aryl methyl sites for hydroxylation is 2. The van der Waals surface area contributed by atoms with Crippen LogP contribution in [-0.4, -0.2) is 79.6 Å². The molecule has 1 amide bonds. The number of aromatic nitrogens is 4. The van der Waals surface area contributed by atoms with Gasteiger partial charge in [-0.05, 0) is 33.0 Å². The molecule has 0 saturated carbocycles. The average molecular weight is 496 g/mol. The Bertz CT molecular complexity index is 1310. The monoisotopic (exact) mass is 495 g/mol. The van der Waals surface area contributed by atoms with Crippen molar-refractivity contribution < 1.29 is 19.3 Å². The number of carbonyl (C=O) groups excluding carboxylic acids is 3. The normalized spacial score (nSPS) is 11.1. The quantitative estimate of drug-likeness (QED) is 0.242. The van der Waals surface area contributed by atoms with E-state index in [2.05, 4.69) is 15.1 Å². The van der Waals surface area contributed by atoms with E-state index in [1.165, 1.54) is 13.1 Å². The Labute approximate surface area is 208 Å². The Balaban J connectivity index is 1.74. The second-order valence-corrected chi connectivity index (χ2v) is 8.82. The highest BCUT2D eigenvalue weighted by Gasteiger charge is 2.21. The molecule has 3 heterocycles. The number of rotatable bonds is 11. The van der Waals surface area contributed by atoms with E-state index in [-0.39, 0.29) is 29.5 Å². The molecule has 0 aliphatic carbocycles. The summed E-state index contributed by atoms with van der Waals surface area (Å²) < 4.78 is 1.70. The number of nitrogens with one attached hydrogen (secondary N) is 1. The number of aldehydes is 1. The third kappa shape index (κ3) is 5.89. The topological polar surface area (TPSA) is 147 Å². The Kier molecular flexibility index (Phi) is 8.10. The molecule has 0 aliphatic heterocycles. The van der Waals surface area contributed by atoms with Crippen molar-refractivity contribution in [1.82, 2.24) is 29.5 Å². The number of H-pyrrole nitrogens is 1. The fourth-order valence-corrected chi connectivity index (χ4v) is 3.92. The third-order valence-electron chi connectivity index (χ3n) is 5.85. The van der Waals surface area contributed by atoms with Gasteiger partial charge >= 0.3 is 0 Å². The predicted octanol–water partition coefficient (Wildman–Crippen LogP) is 2.17. The molecule has 12 heteroatoms. The van der Waals surface area contributed by atoms with Crippen LogP contribution in [0.5, 0.6) is 0 Å². The van der Waals surface area contributed by atoms with E-state index in [9.17, 15) is 24.5 Å².